The molecule has 0 aromatic heterocycles. The number of carbonyl (C=O) groups excluding carboxylic acids is 1. The smallest absolute Gasteiger partial charge is 0.240 e. The van der Waals surface area contributed by atoms with Gasteiger partial charge in [0.2, 0.25) is 5.91 Å². The molecule has 0 unspecified atom stereocenters. The SMILES string of the molecule is COc1ccc(CCCC(=O)N/N=C\c2ccc(OCC#N)c(OC)c2)c(C)c1. The van der Waals surface area contributed by atoms with Gasteiger partial charge in [-0.25, -0.2) is 5.43 Å². The molecular weight excluding hydrogens is 370 g/mol. The first kappa shape index (κ1) is 21.8. The van der Waals surface area contributed by atoms with Gasteiger partial charge in [-0.2, -0.15) is 10.4 Å². The van der Waals surface area contributed by atoms with Crippen molar-refractivity contribution < 1.29 is 19.0 Å². The molecule has 7 nitrogen and oxygen atoms in total. The second-order valence-corrected chi connectivity index (χ2v) is 6.30. The van der Waals surface area contributed by atoms with Crippen LogP contribution in [0.5, 0.6) is 17.2 Å². The highest BCUT2D eigenvalue weighted by Gasteiger charge is 2.06. The summed E-state index contributed by atoms with van der Waals surface area (Å²) in [5.74, 6) is 1.66. The lowest BCUT2D eigenvalue weighted by molar-refractivity contribution is -0.121. The van der Waals surface area contributed by atoms with Crippen molar-refractivity contribution in [1.29, 1.82) is 5.26 Å². The molecule has 0 heterocycles. The molecule has 0 aliphatic carbocycles. The second-order valence-electron chi connectivity index (χ2n) is 6.30. The molecule has 7 heteroatoms. The van der Waals surface area contributed by atoms with Crippen molar-refractivity contribution in [1.82, 2.24) is 5.43 Å². The average Bonchev–Trinajstić information content (AvgIpc) is 2.73. The first-order valence-corrected chi connectivity index (χ1v) is 9.20. The average molecular weight is 395 g/mol. The molecule has 0 bridgehead atoms. The molecule has 0 fully saturated rings. The molecule has 0 saturated carbocycles. The van der Waals surface area contributed by atoms with Crippen LogP contribution >= 0.6 is 0 Å². The van der Waals surface area contributed by atoms with Gasteiger partial charge in [-0.15, -0.1) is 0 Å². The minimum absolute atomic E-state index is 0.0596. The van der Waals surface area contributed by atoms with E-state index in [1.54, 1.807) is 25.3 Å². The zero-order valence-electron chi connectivity index (χ0n) is 16.9. The van der Waals surface area contributed by atoms with Gasteiger partial charge in [0.1, 0.15) is 11.8 Å². The Morgan fingerprint density at radius 3 is 2.69 bits per heavy atom. The maximum atomic E-state index is 12.0. The molecule has 2 aromatic rings. The summed E-state index contributed by atoms with van der Waals surface area (Å²) in [6, 6.07) is 13.0. The third-order valence-electron chi connectivity index (χ3n) is 4.28. The van der Waals surface area contributed by atoms with E-state index in [9.17, 15) is 4.79 Å². The van der Waals surface area contributed by atoms with Crippen LogP contribution in [0.1, 0.15) is 29.5 Å². The first-order valence-electron chi connectivity index (χ1n) is 9.20. The number of aryl methyl sites for hydroxylation is 2. The zero-order chi connectivity index (χ0) is 21.1. The summed E-state index contributed by atoms with van der Waals surface area (Å²) in [5.41, 5.74) is 5.62. The molecule has 0 radical (unpaired) electrons. The van der Waals surface area contributed by atoms with Gasteiger partial charge in [0.25, 0.3) is 0 Å². The summed E-state index contributed by atoms with van der Waals surface area (Å²) < 4.78 is 15.7. The number of hydrogen-bond donors (Lipinski definition) is 1. The van der Waals surface area contributed by atoms with Gasteiger partial charge in [0.15, 0.2) is 18.1 Å². The fraction of sp³-hybridized carbons (Fsp3) is 0.318. The maximum Gasteiger partial charge on any atom is 0.240 e. The number of nitrogens with one attached hydrogen (secondary N) is 1. The van der Waals surface area contributed by atoms with Crippen molar-refractivity contribution in [2.75, 3.05) is 20.8 Å². The van der Waals surface area contributed by atoms with Crippen LogP contribution < -0.4 is 19.6 Å². The highest BCUT2D eigenvalue weighted by atomic mass is 16.5. The number of rotatable bonds is 10. The van der Waals surface area contributed by atoms with E-state index in [-0.39, 0.29) is 12.5 Å². The van der Waals surface area contributed by atoms with Crippen molar-refractivity contribution in [3.63, 3.8) is 0 Å². The molecule has 2 rings (SSSR count). The maximum absolute atomic E-state index is 12.0. The van der Waals surface area contributed by atoms with Crippen molar-refractivity contribution in [3.8, 4) is 23.3 Å². The molecule has 1 amide bonds. The quantitative estimate of drug-likeness (QED) is 0.492. The lowest BCUT2D eigenvalue weighted by atomic mass is 10.0. The number of ether oxygens (including phenoxy) is 3. The molecule has 0 atom stereocenters. The monoisotopic (exact) mass is 395 g/mol. The van der Waals surface area contributed by atoms with E-state index in [4.69, 9.17) is 19.5 Å². The topological polar surface area (TPSA) is 92.9 Å². The number of hydrazone groups is 1. The van der Waals surface area contributed by atoms with Gasteiger partial charge in [-0.3, -0.25) is 4.79 Å². The normalized spacial score (nSPS) is 10.4. The van der Waals surface area contributed by atoms with Crippen LogP contribution in [0.4, 0.5) is 0 Å². The zero-order valence-corrected chi connectivity index (χ0v) is 16.9. The van der Waals surface area contributed by atoms with E-state index in [1.807, 2.05) is 31.2 Å². The van der Waals surface area contributed by atoms with Crippen LogP contribution in [-0.4, -0.2) is 32.9 Å². The second kappa shape index (κ2) is 11.3. The van der Waals surface area contributed by atoms with Gasteiger partial charge >= 0.3 is 0 Å². The molecule has 0 aliphatic heterocycles. The minimum Gasteiger partial charge on any atom is -0.497 e. The summed E-state index contributed by atoms with van der Waals surface area (Å²) in [5, 5.41) is 12.6. The lowest BCUT2D eigenvalue weighted by Crippen LogP contribution is -2.17. The highest BCUT2D eigenvalue weighted by Crippen LogP contribution is 2.27. The Hall–Kier alpha value is -3.53. The number of methoxy groups -OCH3 is 2. The summed E-state index contributed by atoms with van der Waals surface area (Å²) in [6.45, 7) is 1.98. The summed E-state index contributed by atoms with van der Waals surface area (Å²) in [6.07, 6.45) is 3.46. The number of hydrogen-bond acceptors (Lipinski definition) is 6. The Balaban J connectivity index is 1.81. The first-order chi connectivity index (χ1) is 14.1. The van der Waals surface area contributed by atoms with Crippen LogP contribution in [-0.2, 0) is 11.2 Å². The summed E-state index contributed by atoms with van der Waals surface area (Å²) >= 11 is 0. The predicted octanol–water partition coefficient (Wildman–Crippen LogP) is 3.39. The fourth-order valence-corrected chi connectivity index (χ4v) is 2.74. The molecular formula is C22H25N3O4. The van der Waals surface area contributed by atoms with Crippen LogP contribution in [0, 0.1) is 18.3 Å². The molecule has 1 N–H and O–H groups in total. The molecule has 0 saturated heterocycles. The van der Waals surface area contributed by atoms with Crippen molar-refractivity contribution in [2.45, 2.75) is 26.2 Å². The molecule has 0 spiro atoms. The van der Waals surface area contributed by atoms with Crippen molar-refractivity contribution in [3.05, 3.63) is 53.1 Å². The standard InChI is InChI=1S/C22H25N3O4/c1-16-13-19(27-2)9-8-18(16)5-4-6-22(26)25-24-15-17-7-10-20(29-12-11-23)21(14-17)28-3/h7-10,13-15H,4-6,12H2,1-3H3,(H,25,26)/b24-15-. The Bertz CT molecular complexity index is 903. The molecule has 152 valence electrons. The molecule has 29 heavy (non-hydrogen) atoms. The van der Waals surface area contributed by atoms with E-state index in [1.165, 1.54) is 18.9 Å². The Kier molecular flexibility index (Phi) is 8.51. The van der Waals surface area contributed by atoms with Gasteiger partial charge in [-0.1, -0.05) is 6.07 Å². The van der Waals surface area contributed by atoms with Crippen LogP contribution in [0.2, 0.25) is 0 Å². The van der Waals surface area contributed by atoms with E-state index >= 15 is 0 Å². The highest BCUT2D eigenvalue weighted by molar-refractivity contribution is 5.83. The van der Waals surface area contributed by atoms with Crippen molar-refractivity contribution >= 4 is 12.1 Å². The number of benzene rings is 2. The third-order valence-corrected chi connectivity index (χ3v) is 4.28. The number of amides is 1. The largest absolute Gasteiger partial charge is 0.497 e. The lowest BCUT2D eigenvalue weighted by Gasteiger charge is -2.08. The van der Waals surface area contributed by atoms with Crippen LogP contribution in [0.3, 0.4) is 0 Å². The third kappa shape index (κ3) is 6.85. The van der Waals surface area contributed by atoms with E-state index in [0.29, 0.717) is 17.9 Å². The Morgan fingerprint density at radius 1 is 1.17 bits per heavy atom. The van der Waals surface area contributed by atoms with E-state index in [0.717, 1.165) is 29.7 Å². The number of carbonyl (C=O) groups is 1. The van der Waals surface area contributed by atoms with Crippen LogP contribution in [0.25, 0.3) is 0 Å². The summed E-state index contributed by atoms with van der Waals surface area (Å²) in [4.78, 5) is 12.0. The van der Waals surface area contributed by atoms with Gasteiger partial charge in [0, 0.05) is 6.42 Å². The molecule has 2 aromatic carbocycles. The number of nitrogens with zero attached hydrogens (tertiary/aromatic N) is 2. The van der Waals surface area contributed by atoms with E-state index in [2.05, 4.69) is 10.5 Å². The predicted molar refractivity (Wildman–Crippen MR) is 111 cm³/mol. The van der Waals surface area contributed by atoms with Gasteiger partial charge in [-0.05, 0) is 66.8 Å². The van der Waals surface area contributed by atoms with Crippen molar-refractivity contribution in [2.24, 2.45) is 5.10 Å². The van der Waals surface area contributed by atoms with E-state index < -0.39 is 0 Å². The molecule has 0 aliphatic rings. The van der Waals surface area contributed by atoms with Crippen LogP contribution in [0.15, 0.2) is 41.5 Å². The van der Waals surface area contributed by atoms with Gasteiger partial charge < -0.3 is 14.2 Å². The minimum atomic E-state index is -0.145. The Morgan fingerprint density at radius 2 is 2.00 bits per heavy atom. The summed E-state index contributed by atoms with van der Waals surface area (Å²) in [7, 11) is 3.16. The number of nitriles is 1. The Labute approximate surface area is 170 Å². The van der Waals surface area contributed by atoms with Gasteiger partial charge in [0.05, 0.1) is 20.4 Å². The fourth-order valence-electron chi connectivity index (χ4n) is 2.74.